The van der Waals surface area contributed by atoms with Gasteiger partial charge in [-0.1, -0.05) is 30.3 Å². The summed E-state index contributed by atoms with van der Waals surface area (Å²) in [6.45, 7) is 5.42. The molecule has 1 saturated heterocycles. The number of aromatic nitrogens is 1. The van der Waals surface area contributed by atoms with Gasteiger partial charge in [0.1, 0.15) is 5.01 Å². The third-order valence-electron chi connectivity index (χ3n) is 4.65. The summed E-state index contributed by atoms with van der Waals surface area (Å²) in [5.41, 5.74) is 2.07. The Balaban J connectivity index is 1.56. The Morgan fingerprint density at radius 3 is 2.56 bits per heavy atom. The van der Waals surface area contributed by atoms with Crippen LogP contribution in [0.1, 0.15) is 30.3 Å². The minimum absolute atomic E-state index is 0.00239. The van der Waals surface area contributed by atoms with Gasteiger partial charge in [0.15, 0.2) is 0 Å². The molecule has 0 radical (unpaired) electrons. The zero-order valence-corrected chi connectivity index (χ0v) is 15.4. The van der Waals surface area contributed by atoms with E-state index < -0.39 is 0 Å². The summed E-state index contributed by atoms with van der Waals surface area (Å²) in [5.74, 6) is 0.169. The number of nitrogens with zero attached hydrogens (tertiary/aromatic N) is 2. The maximum atomic E-state index is 12.4. The molecule has 1 N–H and O–H groups in total. The molecule has 1 aliphatic heterocycles. The van der Waals surface area contributed by atoms with Crippen molar-refractivity contribution < 1.29 is 9.59 Å². The van der Waals surface area contributed by atoms with Gasteiger partial charge in [0.25, 0.3) is 0 Å². The molecule has 1 aromatic heterocycles. The minimum Gasteiger partial charge on any atom is -0.351 e. The molecule has 0 unspecified atom stereocenters. The molecule has 0 bridgehead atoms. The molecule has 1 aliphatic rings. The van der Waals surface area contributed by atoms with Gasteiger partial charge in [0, 0.05) is 36.4 Å². The lowest BCUT2D eigenvalue weighted by atomic mass is 9.96. The van der Waals surface area contributed by atoms with Crippen LogP contribution in [0.3, 0.4) is 0 Å². The van der Waals surface area contributed by atoms with Gasteiger partial charge >= 0.3 is 0 Å². The van der Waals surface area contributed by atoms with Crippen molar-refractivity contribution in [1.29, 1.82) is 0 Å². The standard InChI is InChI=1S/C19H23N3O2S/c1-13-17(25-19(21-13)16-6-4-3-5-7-16)12-20-18(24)15-8-10-22(11-9-15)14(2)23/h3-7,15H,8-12H2,1-2H3,(H,20,24). The molecule has 0 atom stereocenters. The first-order valence-corrected chi connectivity index (χ1v) is 9.41. The maximum Gasteiger partial charge on any atom is 0.223 e. The van der Waals surface area contributed by atoms with Crippen LogP contribution in [-0.2, 0) is 16.1 Å². The molecular formula is C19H23N3O2S. The van der Waals surface area contributed by atoms with Crippen molar-refractivity contribution in [3.63, 3.8) is 0 Å². The topological polar surface area (TPSA) is 62.3 Å². The monoisotopic (exact) mass is 357 g/mol. The van der Waals surface area contributed by atoms with Crippen LogP contribution in [0.5, 0.6) is 0 Å². The van der Waals surface area contributed by atoms with Crippen LogP contribution in [0.15, 0.2) is 30.3 Å². The number of aryl methyl sites for hydroxylation is 1. The van der Waals surface area contributed by atoms with Crippen molar-refractivity contribution in [2.24, 2.45) is 5.92 Å². The highest BCUT2D eigenvalue weighted by Gasteiger charge is 2.26. The number of carbonyl (C=O) groups excluding carboxylic acids is 2. The van der Waals surface area contributed by atoms with Gasteiger partial charge in [-0.15, -0.1) is 11.3 Å². The summed E-state index contributed by atoms with van der Waals surface area (Å²) in [6, 6.07) is 10.1. The predicted octanol–water partition coefficient (Wildman–Crippen LogP) is 2.99. The first-order chi connectivity index (χ1) is 12.0. The quantitative estimate of drug-likeness (QED) is 0.915. The largest absolute Gasteiger partial charge is 0.351 e. The Morgan fingerprint density at radius 1 is 1.24 bits per heavy atom. The SMILES string of the molecule is CC(=O)N1CCC(C(=O)NCc2sc(-c3ccccc3)nc2C)CC1. The number of rotatable bonds is 4. The third-order valence-corrected chi connectivity index (χ3v) is 5.85. The highest BCUT2D eigenvalue weighted by Crippen LogP contribution is 2.27. The molecule has 2 amide bonds. The average Bonchev–Trinajstić information content (AvgIpc) is 3.01. The Kier molecular flexibility index (Phi) is 5.48. The zero-order valence-electron chi connectivity index (χ0n) is 14.6. The highest BCUT2D eigenvalue weighted by atomic mass is 32.1. The van der Waals surface area contributed by atoms with Crippen LogP contribution >= 0.6 is 11.3 Å². The molecule has 3 rings (SSSR count). The summed E-state index contributed by atoms with van der Waals surface area (Å²) in [5, 5.41) is 4.03. The van der Waals surface area contributed by atoms with Gasteiger partial charge in [-0.25, -0.2) is 4.98 Å². The van der Waals surface area contributed by atoms with E-state index in [0.29, 0.717) is 19.6 Å². The van der Waals surface area contributed by atoms with E-state index in [0.717, 1.165) is 34.0 Å². The van der Waals surface area contributed by atoms with E-state index in [4.69, 9.17) is 0 Å². The van der Waals surface area contributed by atoms with Crippen molar-refractivity contribution in [3.8, 4) is 10.6 Å². The fourth-order valence-corrected chi connectivity index (χ4v) is 4.07. The molecular weight excluding hydrogens is 334 g/mol. The zero-order chi connectivity index (χ0) is 17.8. The third kappa shape index (κ3) is 4.25. The van der Waals surface area contributed by atoms with E-state index in [-0.39, 0.29) is 17.7 Å². The number of likely N-dealkylation sites (tertiary alicyclic amines) is 1. The van der Waals surface area contributed by atoms with Crippen LogP contribution in [0.2, 0.25) is 0 Å². The van der Waals surface area contributed by atoms with E-state index in [1.165, 1.54) is 0 Å². The molecule has 2 aromatic rings. The number of nitrogens with one attached hydrogen (secondary N) is 1. The van der Waals surface area contributed by atoms with Gasteiger partial charge in [0.05, 0.1) is 12.2 Å². The smallest absolute Gasteiger partial charge is 0.223 e. The Bertz CT molecular complexity index is 749. The molecule has 6 heteroatoms. The predicted molar refractivity (Wildman–Crippen MR) is 99.1 cm³/mol. The molecule has 1 aromatic carbocycles. The van der Waals surface area contributed by atoms with Crippen LogP contribution in [-0.4, -0.2) is 34.8 Å². The number of carbonyl (C=O) groups is 2. The molecule has 0 spiro atoms. The van der Waals surface area contributed by atoms with Crippen molar-refractivity contribution in [2.45, 2.75) is 33.2 Å². The van der Waals surface area contributed by atoms with Crippen molar-refractivity contribution in [1.82, 2.24) is 15.2 Å². The lowest BCUT2D eigenvalue weighted by molar-refractivity contribution is -0.134. The Morgan fingerprint density at radius 2 is 1.92 bits per heavy atom. The van der Waals surface area contributed by atoms with Crippen molar-refractivity contribution in [2.75, 3.05) is 13.1 Å². The molecule has 25 heavy (non-hydrogen) atoms. The van der Waals surface area contributed by atoms with Gasteiger partial charge in [-0.3, -0.25) is 9.59 Å². The fourth-order valence-electron chi connectivity index (χ4n) is 3.06. The molecule has 0 aliphatic carbocycles. The molecule has 0 saturated carbocycles. The van der Waals surface area contributed by atoms with E-state index >= 15 is 0 Å². The number of piperidine rings is 1. The molecule has 2 heterocycles. The van der Waals surface area contributed by atoms with E-state index in [9.17, 15) is 9.59 Å². The first kappa shape index (κ1) is 17.6. The maximum absolute atomic E-state index is 12.4. The van der Waals surface area contributed by atoms with E-state index in [1.807, 2.05) is 42.2 Å². The lowest BCUT2D eigenvalue weighted by Crippen LogP contribution is -2.42. The minimum atomic E-state index is -0.00239. The van der Waals surface area contributed by atoms with E-state index in [1.54, 1.807) is 18.3 Å². The van der Waals surface area contributed by atoms with Crippen LogP contribution < -0.4 is 5.32 Å². The number of benzene rings is 1. The molecule has 5 nitrogen and oxygen atoms in total. The summed E-state index contributed by atoms with van der Waals surface area (Å²) in [7, 11) is 0. The van der Waals surface area contributed by atoms with Crippen LogP contribution in [0, 0.1) is 12.8 Å². The molecule has 132 valence electrons. The molecule has 1 fully saturated rings. The lowest BCUT2D eigenvalue weighted by Gasteiger charge is -2.30. The summed E-state index contributed by atoms with van der Waals surface area (Å²) >= 11 is 1.63. The summed E-state index contributed by atoms with van der Waals surface area (Å²) < 4.78 is 0. The first-order valence-electron chi connectivity index (χ1n) is 8.59. The van der Waals surface area contributed by atoms with E-state index in [2.05, 4.69) is 10.3 Å². The highest BCUT2D eigenvalue weighted by molar-refractivity contribution is 7.15. The van der Waals surface area contributed by atoms with Crippen molar-refractivity contribution in [3.05, 3.63) is 40.9 Å². The van der Waals surface area contributed by atoms with Gasteiger partial charge in [-0.05, 0) is 19.8 Å². The number of amides is 2. The average molecular weight is 357 g/mol. The Labute approximate surface area is 152 Å². The van der Waals surface area contributed by atoms with Crippen molar-refractivity contribution >= 4 is 23.2 Å². The summed E-state index contributed by atoms with van der Waals surface area (Å²) in [6.07, 6.45) is 1.48. The number of thiazole rings is 1. The van der Waals surface area contributed by atoms with Gasteiger partial charge < -0.3 is 10.2 Å². The second-order valence-corrected chi connectivity index (χ2v) is 7.48. The van der Waals surface area contributed by atoms with Crippen LogP contribution in [0.25, 0.3) is 10.6 Å². The van der Waals surface area contributed by atoms with Gasteiger partial charge in [-0.2, -0.15) is 0 Å². The summed E-state index contributed by atoms with van der Waals surface area (Å²) in [4.78, 5) is 31.3. The number of hydrogen-bond acceptors (Lipinski definition) is 4. The second kappa shape index (κ2) is 7.78. The number of hydrogen-bond donors (Lipinski definition) is 1. The normalized spacial score (nSPS) is 15.2. The fraction of sp³-hybridized carbons (Fsp3) is 0.421. The second-order valence-electron chi connectivity index (χ2n) is 6.39. The van der Waals surface area contributed by atoms with Crippen LogP contribution in [0.4, 0.5) is 0 Å². The van der Waals surface area contributed by atoms with Gasteiger partial charge in [0.2, 0.25) is 11.8 Å². The Hall–Kier alpha value is -2.21.